The Kier molecular flexibility index (Phi) is 5.58. The molecule has 0 unspecified atom stereocenters. The quantitative estimate of drug-likeness (QED) is 0.630. The van der Waals surface area contributed by atoms with Crippen LogP contribution in [0.5, 0.6) is 0 Å². The van der Waals surface area contributed by atoms with Crippen molar-refractivity contribution in [3.8, 4) is 0 Å². The Morgan fingerprint density at radius 1 is 1.00 bits per heavy atom. The molecule has 0 N–H and O–H groups in total. The van der Waals surface area contributed by atoms with E-state index in [-0.39, 0.29) is 11.0 Å². The van der Waals surface area contributed by atoms with Crippen LogP contribution in [0.3, 0.4) is 0 Å². The Labute approximate surface area is 163 Å². The number of aryl methyl sites for hydroxylation is 2. The predicted molar refractivity (Wildman–Crippen MR) is 109 cm³/mol. The van der Waals surface area contributed by atoms with Gasteiger partial charge in [-0.3, -0.25) is 9.97 Å². The Hall–Kier alpha value is -1.74. The molecule has 1 aliphatic carbocycles. The van der Waals surface area contributed by atoms with E-state index in [1.807, 2.05) is 18.6 Å². The molecule has 2 fully saturated rings. The fourth-order valence-corrected chi connectivity index (χ4v) is 5.38. The molecule has 2 aromatic rings. The van der Waals surface area contributed by atoms with Crippen molar-refractivity contribution in [1.29, 1.82) is 0 Å². The number of unbranched alkanes of at least 4 members (excludes halogenated alkanes) is 1. The molecule has 2 aliphatic rings. The fourth-order valence-electron chi connectivity index (χ4n) is 5.38. The van der Waals surface area contributed by atoms with E-state index in [9.17, 15) is 0 Å². The minimum Gasteiger partial charge on any atom is -0.375 e. The maximum absolute atomic E-state index is 6.37. The highest BCUT2D eigenvalue weighted by Gasteiger charge is 2.47. The summed E-state index contributed by atoms with van der Waals surface area (Å²) >= 11 is 0. The van der Waals surface area contributed by atoms with Gasteiger partial charge in [0.25, 0.3) is 0 Å². The molecule has 144 valence electrons. The third kappa shape index (κ3) is 4.08. The van der Waals surface area contributed by atoms with Crippen molar-refractivity contribution in [2.75, 3.05) is 6.61 Å². The van der Waals surface area contributed by atoms with Gasteiger partial charge in [-0.2, -0.15) is 0 Å². The highest BCUT2D eigenvalue weighted by molar-refractivity contribution is 5.25. The number of hydrogen-bond donors (Lipinski definition) is 0. The SMILES string of the molecule is Cc1ccncc1CCCC[C@@]1(c2cccnc2)CCOC2(CCCC2)C1. The van der Waals surface area contributed by atoms with Gasteiger partial charge in [-0.25, -0.2) is 0 Å². The van der Waals surface area contributed by atoms with Crippen LogP contribution in [0.4, 0.5) is 0 Å². The number of nitrogens with zero attached hydrogens (tertiary/aromatic N) is 2. The van der Waals surface area contributed by atoms with Gasteiger partial charge in [-0.15, -0.1) is 0 Å². The van der Waals surface area contributed by atoms with Gasteiger partial charge in [0.05, 0.1) is 5.60 Å². The summed E-state index contributed by atoms with van der Waals surface area (Å²) in [7, 11) is 0. The second-order valence-corrected chi connectivity index (χ2v) is 8.70. The average molecular weight is 365 g/mol. The maximum Gasteiger partial charge on any atom is 0.0691 e. The number of pyridine rings is 2. The minimum atomic E-state index is 0.133. The lowest BCUT2D eigenvalue weighted by Gasteiger charge is -2.47. The van der Waals surface area contributed by atoms with Gasteiger partial charge in [0.2, 0.25) is 0 Å². The van der Waals surface area contributed by atoms with Crippen molar-refractivity contribution < 1.29 is 4.74 Å². The van der Waals surface area contributed by atoms with E-state index in [0.29, 0.717) is 0 Å². The first kappa shape index (κ1) is 18.6. The summed E-state index contributed by atoms with van der Waals surface area (Å²) < 4.78 is 6.37. The van der Waals surface area contributed by atoms with E-state index in [2.05, 4.69) is 41.3 Å². The van der Waals surface area contributed by atoms with Gasteiger partial charge < -0.3 is 4.74 Å². The third-order valence-corrected chi connectivity index (χ3v) is 6.94. The predicted octanol–water partition coefficient (Wildman–Crippen LogP) is 5.56. The lowest BCUT2D eigenvalue weighted by atomic mass is 9.66. The highest BCUT2D eigenvalue weighted by atomic mass is 16.5. The molecule has 3 nitrogen and oxygen atoms in total. The minimum absolute atomic E-state index is 0.133. The normalized spacial score (nSPS) is 24.3. The largest absolute Gasteiger partial charge is 0.375 e. The van der Waals surface area contributed by atoms with E-state index >= 15 is 0 Å². The summed E-state index contributed by atoms with van der Waals surface area (Å²) in [5, 5.41) is 0. The molecule has 0 aromatic carbocycles. The summed E-state index contributed by atoms with van der Waals surface area (Å²) in [4.78, 5) is 8.76. The monoisotopic (exact) mass is 364 g/mol. The van der Waals surface area contributed by atoms with Gasteiger partial charge >= 0.3 is 0 Å². The molecular formula is C24H32N2O. The van der Waals surface area contributed by atoms with E-state index in [1.165, 1.54) is 68.1 Å². The van der Waals surface area contributed by atoms with Crippen LogP contribution in [-0.4, -0.2) is 22.2 Å². The number of aromatic nitrogens is 2. The van der Waals surface area contributed by atoms with Crippen molar-refractivity contribution >= 4 is 0 Å². The molecule has 1 atom stereocenters. The molecule has 2 aromatic heterocycles. The van der Waals surface area contributed by atoms with Crippen LogP contribution >= 0.6 is 0 Å². The first-order valence-electron chi connectivity index (χ1n) is 10.7. The topological polar surface area (TPSA) is 35.0 Å². The molecule has 3 heterocycles. The Bertz CT molecular complexity index is 739. The van der Waals surface area contributed by atoms with Crippen LogP contribution in [0.1, 0.15) is 74.5 Å². The first-order chi connectivity index (χ1) is 13.2. The smallest absolute Gasteiger partial charge is 0.0691 e. The van der Waals surface area contributed by atoms with E-state index in [1.54, 1.807) is 0 Å². The highest BCUT2D eigenvalue weighted by Crippen LogP contribution is 2.50. The Morgan fingerprint density at radius 2 is 1.85 bits per heavy atom. The van der Waals surface area contributed by atoms with Crippen LogP contribution in [-0.2, 0) is 16.6 Å². The number of rotatable bonds is 6. The van der Waals surface area contributed by atoms with Crippen molar-refractivity contribution in [2.24, 2.45) is 0 Å². The van der Waals surface area contributed by atoms with Crippen LogP contribution < -0.4 is 0 Å². The molecule has 0 amide bonds. The zero-order valence-corrected chi connectivity index (χ0v) is 16.6. The Balaban J connectivity index is 1.46. The third-order valence-electron chi connectivity index (χ3n) is 6.94. The molecule has 0 bridgehead atoms. The van der Waals surface area contributed by atoms with Crippen LogP contribution in [0, 0.1) is 6.92 Å². The second kappa shape index (κ2) is 8.10. The van der Waals surface area contributed by atoms with Gasteiger partial charge in [-0.05, 0) is 80.7 Å². The Morgan fingerprint density at radius 3 is 2.63 bits per heavy atom. The lowest BCUT2D eigenvalue weighted by Crippen LogP contribution is -2.46. The van der Waals surface area contributed by atoms with Crippen molar-refractivity contribution in [2.45, 2.75) is 82.1 Å². The van der Waals surface area contributed by atoms with Crippen LogP contribution in [0.2, 0.25) is 0 Å². The molecule has 0 radical (unpaired) electrons. The van der Waals surface area contributed by atoms with Crippen molar-refractivity contribution in [3.63, 3.8) is 0 Å². The number of ether oxygens (including phenoxy) is 1. The van der Waals surface area contributed by atoms with E-state index < -0.39 is 0 Å². The zero-order valence-electron chi connectivity index (χ0n) is 16.6. The average Bonchev–Trinajstić information content (AvgIpc) is 3.14. The molecule has 1 saturated carbocycles. The van der Waals surface area contributed by atoms with Gasteiger partial charge in [0.15, 0.2) is 0 Å². The standard InChI is InChI=1S/C24H32N2O/c1-20-9-15-26-17-21(20)7-2-3-10-23(22-8-6-14-25-18-22)13-16-27-24(19-23)11-4-5-12-24/h6,8-9,14-15,17-18H,2-5,7,10-13,16,19H2,1H3/t23-/m1/s1. The molecule has 1 aliphatic heterocycles. The summed E-state index contributed by atoms with van der Waals surface area (Å²) in [5.41, 5.74) is 4.56. The summed E-state index contributed by atoms with van der Waals surface area (Å²) in [6.07, 6.45) is 20.2. The van der Waals surface area contributed by atoms with E-state index in [0.717, 1.165) is 19.4 Å². The molecule has 4 rings (SSSR count). The summed E-state index contributed by atoms with van der Waals surface area (Å²) in [6.45, 7) is 3.09. The molecule has 3 heteroatoms. The summed E-state index contributed by atoms with van der Waals surface area (Å²) in [5.74, 6) is 0. The maximum atomic E-state index is 6.37. The zero-order chi connectivity index (χ0) is 18.6. The van der Waals surface area contributed by atoms with Crippen LogP contribution in [0.15, 0.2) is 43.0 Å². The lowest BCUT2D eigenvalue weighted by molar-refractivity contribution is -0.104. The molecule has 27 heavy (non-hydrogen) atoms. The molecular weight excluding hydrogens is 332 g/mol. The second-order valence-electron chi connectivity index (χ2n) is 8.70. The fraction of sp³-hybridized carbons (Fsp3) is 0.583. The molecule has 1 saturated heterocycles. The molecule has 1 spiro atoms. The number of hydrogen-bond acceptors (Lipinski definition) is 3. The van der Waals surface area contributed by atoms with Crippen LogP contribution in [0.25, 0.3) is 0 Å². The van der Waals surface area contributed by atoms with Gasteiger partial charge in [0.1, 0.15) is 0 Å². The van der Waals surface area contributed by atoms with Crippen molar-refractivity contribution in [3.05, 3.63) is 59.7 Å². The van der Waals surface area contributed by atoms with Gasteiger partial charge in [0, 0.05) is 36.8 Å². The van der Waals surface area contributed by atoms with Gasteiger partial charge in [-0.1, -0.05) is 25.3 Å². The first-order valence-corrected chi connectivity index (χ1v) is 10.7. The van der Waals surface area contributed by atoms with E-state index in [4.69, 9.17) is 4.74 Å². The van der Waals surface area contributed by atoms with Crippen molar-refractivity contribution in [1.82, 2.24) is 9.97 Å². The summed E-state index contributed by atoms with van der Waals surface area (Å²) in [6, 6.07) is 6.52.